The van der Waals surface area contributed by atoms with Crippen LogP contribution < -0.4 is 0 Å². The van der Waals surface area contributed by atoms with E-state index in [-0.39, 0.29) is 5.92 Å². The van der Waals surface area contributed by atoms with E-state index < -0.39 is 11.9 Å². The maximum atomic E-state index is 11.3. The lowest BCUT2D eigenvalue weighted by molar-refractivity contribution is -0.140. The van der Waals surface area contributed by atoms with E-state index >= 15 is 0 Å². The summed E-state index contributed by atoms with van der Waals surface area (Å²) in [7, 11) is 0. The zero-order valence-corrected chi connectivity index (χ0v) is 10.9. The van der Waals surface area contributed by atoms with Gasteiger partial charge in [-0.2, -0.15) is 0 Å². The molecule has 1 atom stereocenters. The van der Waals surface area contributed by atoms with Crippen LogP contribution in [0.4, 0.5) is 0 Å². The highest BCUT2D eigenvalue weighted by Crippen LogP contribution is 2.24. The van der Waals surface area contributed by atoms with Gasteiger partial charge >= 0.3 is 5.97 Å². The fourth-order valence-electron chi connectivity index (χ4n) is 1.99. The summed E-state index contributed by atoms with van der Waals surface area (Å²) < 4.78 is 0. The van der Waals surface area contributed by atoms with Gasteiger partial charge in [-0.3, -0.25) is 4.79 Å². The second-order valence-electron chi connectivity index (χ2n) is 4.73. The van der Waals surface area contributed by atoms with Crippen molar-refractivity contribution in [2.45, 2.75) is 19.8 Å². The molecule has 4 nitrogen and oxygen atoms in total. The van der Waals surface area contributed by atoms with Crippen LogP contribution in [0.3, 0.4) is 0 Å². The van der Waals surface area contributed by atoms with Crippen LogP contribution in [0.1, 0.15) is 25.6 Å². The van der Waals surface area contributed by atoms with Gasteiger partial charge in [0.1, 0.15) is 11.7 Å². The third-order valence-electron chi connectivity index (χ3n) is 2.95. The lowest BCUT2D eigenvalue weighted by Gasteiger charge is -2.15. The number of aliphatic carboxylic acids is 1. The standard InChI is InChI=1S/C15H16N2O2/c1-10(2)13(15(18)19)14-16-9-8-12(17-14)11-6-4-3-5-7-11/h3-10,13H,1-2H3,(H,18,19). The topological polar surface area (TPSA) is 63.1 Å². The fraction of sp³-hybridized carbons (Fsp3) is 0.267. The Kier molecular flexibility index (Phi) is 3.90. The quantitative estimate of drug-likeness (QED) is 0.913. The number of nitrogens with zero attached hydrogens (tertiary/aromatic N) is 2. The first-order valence-electron chi connectivity index (χ1n) is 6.20. The highest BCUT2D eigenvalue weighted by atomic mass is 16.4. The minimum atomic E-state index is -0.889. The monoisotopic (exact) mass is 256 g/mol. The fourth-order valence-corrected chi connectivity index (χ4v) is 1.99. The Hall–Kier alpha value is -2.23. The number of carbonyl (C=O) groups is 1. The highest BCUT2D eigenvalue weighted by Gasteiger charge is 2.26. The molecule has 98 valence electrons. The van der Waals surface area contributed by atoms with Crippen LogP contribution in [-0.4, -0.2) is 21.0 Å². The van der Waals surface area contributed by atoms with Gasteiger partial charge in [0.25, 0.3) is 0 Å². The van der Waals surface area contributed by atoms with E-state index in [0.29, 0.717) is 5.82 Å². The summed E-state index contributed by atoms with van der Waals surface area (Å²) >= 11 is 0. The Morgan fingerprint density at radius 2 is 1.84 bits per heavy atom. The molecule has 0 fully saturated rings. The van der Waals surface area contributed by atoms with Crippen LogP contribution in [0.5, 0.6) is 0 Å². The maximum Gasteiger partial charge on any atom is 0.314 e. The predicted molar refractivity (Wildman–Crippen MR) is 72.7 cm³/mol. The number of benzene rings is 1. The summed E-state index contributed by atoms with van der Waals surface area (Å²) in [6, 6.07) is 11.5. The number of hydrogen-bond donors (Lipinski definition) is 1. The van der Waals surface area contributed by atoms with Crippen molar-refractivity contribution in [2.24, 2.45) is 5.92 Å². The number of carboxylic acid groups (broad SMARTS) is 1. The van der Waals surface area contributed by atoms with Crippen LogP contribution in [0.15, 0.2) is 42.6 Å². The van der Waals surface area contributed by atoms with Crippen LogP contribution in [0, 0.1) is 5.92 Å². The molecule has 1 N–H and O–H groups in total. The average Bonchev–Trinajstić information content (AvgIpc) is 2.39. The van der Waals surface area contributed by atoms with Gasteiger partial charge in [-0.05, 0) is 12.0 Å². The second kappa shape index (κ2) is 5.61. The van der Waals surface area contributed by atoms with Crippen LogP contribution in [0.25, 0.3) is 11.3 Å². The molecule has 2 rings (SSSR count). The maximum absolute atomic E-state index is 11.3. The largest absolute Gasteiger partial charge is 0.481 e. The highest BCUT2D eigenvalue weighted by molar-refractivity contribution is 5.75. The number of rotatable bonds is 4. The van der Waals surface area contributed by atoms with Crippen molar-refractivity contribution >= 4 is 5.97 Å². The van der Waals surface area contributed by atoms with Gasteiger partial charge in [-0.15, -0.1) is 0 Å². The zero-order chi connectivity index (χ0) is 13.8. The number of hydrogen-bond acceptors (Lipinski definition) is 3. The number of carboxylic acids is 1. The number of aromatic nitrogens is 2. The molecule has 1 aromatic heterocycles. The lowest BCUT2D eigenvalue weighted by Crippen LogP contribution is -2.20. The van der Waals surface area contributed by atoms with E-state index in [1.807, 2.05) is 44.2 Å². The Morgan fingerprint density at radius 1 is 1.16 bits per heavy atom. The normalized spacial score (nSPS) is 12.4. The van der Waals surface area contributed by atoms with E-state index in [0.717, 1.165) is 11.3 Å². The molecule has 1 aromatic carbocycles. The Morgan fingerprint density at radius 3 is 2.42 bits per heavy atom. The van der Waals surface area contributed by atoms with Crippen molar-refractivity contribution in [3.8, 4) is 11.3 Å². The van der Waals surface area contributed by atoms with Gasteiger partial charge in [-0.25, -0.2) is 9.97 Å². The molecule has 4 heteroatoms. The van der Waals surface area contributed by atoms with Crippen molar-refractivity contribution in [3.63, 3.8) is 0 Å². The molecule has 0 aliphatic carbocycles. The molecule has 0 aliphatic heterocycles. The molecule has 0 bridgehead atoms. The van der Waals surface area contributed by atoms with E-state index in [1.165, 1.54) is 0 Å². The minimum absolute atomic E-state index is 0.0523. The Balaban J connectivity index is 2.42. The minimum Gasteiger partial charge on any atom is -0.481 e. The summed E-state index contributed by atoms with van der Waals surface area (Å²) in [6.45, 7) is 3.72. The molecule has 0 saturated heterocycles. The first-order valence-corrected chi connectivity index (χ1v) is 6.20. The molecule has 0 radical (unpaired) electrons. The van der Waals surface area contributed by atoms with Crippen molar-refractivity contribution in [1.82, 2.24) is 9.97 Å². The van der Waals surface area contributed by atoms with Crippen molar-refractivity contribution in [2.75, 3.05) is 0 Å². The van der Waals surface area contributed by atoms with E-state index in [1.54, 1.807) is 12.3 Å². The SMILES string of the molecule is CC(C)C(C(=O)O)c1nccc(-c2ccccc2)n1. The summed E-state index contributed by atoms with van der Waals surface area (Å²) in [5, 5.41) is 9.28. The third-order valence-corrected chi connectivity index (χ3v) is 2.95. The van der Waals surface area contributed by atoms with Gasteiger partial charge in [0.05, 0.1) is 5.69 Å². The zero-order valence-electron chi connectivity index (χ0n) is 10.9. The van der Waals surface area contributed by atoms with Crippen molar-refractivity contribution in [1.29, 1.82) is 0 Å². The summed E-state index contributed by atoms with van der Waals surface area (Å²) in [6.07, 6.45) is 1.61. The van der Waals surface area contributed by atoms with E-state index in [2.05, 4.69) is 9.97 Å². The van der Waals surface area contributed by atoms with Crippen molar-refractivity contribution in [3.05, 3.63) is 48.4 Å². The molecular weight excluding hydrogens is 240 g/mol. The average molecular weight is 256 g/mol. The third kappa shape index (κ3) is 2.96. The lowest BCUT2D eigenvalue weighted by atomic mass is 9.95. The second-order valence-corrected chi connectivity index (χ2v) is 4.73. The molecule has 0 amide bonds. The molecule has 0 aliphatic rings. The molecule has 0 saturated carbocycles. The first kappa shape index (κ1) is 13.2. The van der Waals surface area contributed by atoms with E-state index in [4.69, 9.17) is 0 Å². The van der Waals surface area contributed by atoms with Crippen LogP contribution in [0.2, 0.25) is 0 Å². The van der Waals surface area contributed by atoms with Crippen LogP contribution >= 0.6 is 0 Å². The van der Waals surface area contributed by atoms with Gasteiger partial charge in [-0.1, -0.05) is 44.2 Å². The molecule has 1 heterocycles. The van der Waals surface area contributed by atoms with Crippen molar-refractivity contribution < 1.29 is 9.90 Å². The first-order chi connectivity index (χ1) is 9.09. The van der Waals surface area contributed by atoms with Gasteiger partial charge in [0.15, 0.2) is 0 Å². The van der Waals surface area contributed by atoms with Gasteiger partial charge < -0.3 is 5.11 Å². The molecule has 2 aromatic rings. The van der Waals surface area contributed by atoms with Crippen LogP contribution in [-0.2, 0) is 4.79 Å². The molecular formula is C15H16N2O2. The summed E-state index contributed by atoms with van der Waals surface area (Å²) in [5.41, 5.74) is 1.71. The van der Waals surface area contributed by atoms with Gasteiger partial charge in [0, 0.05) is 11.8 Å². The van der Waals surface area contributed by atoms with Gasteiger partial charge in [0.2, 0.25) is 0 Å². The predicted octanol–water partition coefficient (Wildman–Crippen LogP) is 2.97. The summed E-state index contributed by atoms with van der Waals surface area (Å²) in [4.78, 5) is 19.8. The smallest absolute Gasteiger partial charge is 0.314 e. The Bertz CT molecular complexity index is 567. The summed E-state index contributed by atoms with van der Waals surface area (Å²) in [5.74, 6) is -1.25. The Labute approximate surface area is 112 Å². The molecule has 0 spiro atoms. The molecule has 19 heavy (non-hydrogen) atoms. The molecule has 1 unspecified atom stereocenters. The van der Waals surface area contributed by atoms with E-state index in [9.17, 15) is 9.90 Å².